The fraction of sp³-hybridized carbons (Fsp3) is 0.588. The molecule has 2 rings (SSSR count). The lowest BCUT2D eigenvalue weighted by Gasteiger charge is -2.36. The van der Waals surface area contributed by atoms with E-state index in [0.29, 0.717) is 12.6 Å². The fourth-order valence-corrected chi connectivity index (χ4v) is 3.12. The van der Waals surface area contributed by atoms with E-state index < -0.39 is 5.97 Å². The van der Waals surface area contributed by atoms with Crippen LogP contribution in [-0.2, 0) is 4.79 Å². The van der Waals surface area contributed by atoms with E-state index in [4.69, 9.17) is 9.84 Å². The van der Waals surface area contributed by atoms with Crippen LogP contribution >= 0.6 is 0 Å². The van der Waals surface area contributed by atoms with E-state index >= 15 is 0 Å². The highest BCUT2D eigenvalue weighted by atomic mass is 16.5. The van der Waals surface area contributed by atoms with Gasteiger partial charge in [-0.1, -0.05) is 19.1 Å². The van der Waals surface area contributed by atoms with E-state index in [9.17, 15) is 4.79 Å². The number of piperidine rings is 1. The van der Waals surface area contributed by atoms with Gasteiger partial charge in [-0.3, -0.25) is 9.69 Å². The van der Waals surface area contributed by atoms with Gasteiger partial charge < -0.3 is 9.84 Å². The molecule has 1 saturated heterocycles. The second kappa shape index (κ2) is 7.46. The Bertz CT molecular complexity index is 450. The molecule has 1 heterocycles. The summed E-state index contributed by atoms with van der Waals surface area (Å²) in [6.07, 6.45) is 2.54. The second-order valence-corrected chi connectivity index (χ2v) is 5.57. The number of likely N-dealkylation sites (tertiary alicyclic amines) is 1. The van der Waals surface area contributed by atoms with Gasteiger partial charge in [0.05, 0.1) is 12.5 Å². The van der Waals surface area contributed by atoms with Crippen molar-refractivity contribution < 1.29 is 14.6 Å². The largest absolute Gasteiger partial charge is 0.494 e. The number of hydrogen-bond donors (Lipinski definition) is 1. The summed E-state index contributed by atoms with van der Waals surface area (Å²) in [6.45, 7) is 6.57. The van der Waals surface area contributed by atoms with Crippen LogP contribution in [0.25, 0.3) is 0 Å². The van der Waals surface area contributed by atoms with Crippen molar-refractivity contribution in [1.82, 2.24) is 4.90 Å². The second-order valence-electron chi connectivity index (χ2n) is 5.57. The van der Waals surface area contributed by atoms with Crippen molar-refractivity contribution in [3.63, 3.8) is 0 Å². The molecule has 1 aliphatic rings. The zero-order valence-corrected chi connectivity index (χ0v) is 12.9. The number of ether oxygens (including phenoxy) is 1. The zero-order chi connectivity index (χ0) is 15.2. The number of aliphatic carboxylic acids is 1. The first-order chi connectivity index (χ1) is 10.2. The van der Waals surface area contributed by atoms with Crippen LogP contribution in [0.4, 0.5) is 0 Å². The number of benzene rings is 1. The van der Waals surface area contributed by atoms with Crippen LogP contribution in [0.5, 0.6) is 5.75 Å². The van der Waals surface area contributed by atoms with Crippen LogP contribution in [-0.4, -0.2) is 35.7 Å². The molecule has 1 N–H and O–H groups in total. The lowest BCUT2D eigenvalue weighted by atomic mass is 9.93. The molecule has 1 aromatic rings. The molecule has 0 bridgehead atoms. The summed E-state index contributed by atoms with van der Waals surface area (Å²) >= 11 is 0. The first-order valence-corrected chi connectivity index (χ1v) is 7.85. The standard InChI is InChI=1S/C17H25NO3/c1-3-16(13-5-7-15(8-6-13)21-4-2)18-11-9-14(10-12-18)17(19)20/h5-8,14,16H,3-4,9-12H2,1-2H3,(H,19,20). The van der Waals surface area contributed by atoms with E-state index in [2.05, 4.69) is 24.0 Å². The molecule has 0 radical (unpaired) electrons. The highest BCUT2D eigenvalue weighted by Crippen LogP contribution is 2.30. The van der Waals surface area contributed by atoms with Crippen molar-refractivity contribution in [1.29, 1.82) is 0 Å². The van der Waals surface area contributed by atoms with Crippen molar-refractivity contribution >= 4 is 5.97 Å². The summed E-state index contributed by atoms with van der Waals surface area (Å²) < 4.78 is 5.48. The minimum atomic E-state index is -0.649. The molecule has 1 aliphatic heterocycles. The van der Waals surface area contributed by atoms with Gasteiger partial charge in [0.1, 0.15) is 5.75 Å². The van der Waals surface area contributed by atoms with Crippen LogP contribution in [0, 0.1) is 5.92 Å². The molecular formula is C17H25NO3. The van der Waals surface area contributed by atoms with Gasteiger partial charge in [-0.25, -0.2) is 0 Å². The Morgan fingerprint density at radius 3 is 2.38 bits per heavy atom. The quantitative estimate of drug-likeness (QED) is 0.873. The van der Waals surface area contributed by atoms with E-state index in [1.54, 1.807) is 0 Å². The topological polar surface area (TPSA) is 49.8 Å². The van der Waals surface area contributed by atoms with Crippen molar-refractivity contribution in [2.45, 2.75) is 39.2 Å². The van der Waals surface area contributed by atoms with Gasteiger partial charge in [0.2, 0.25) is 0 Å². The smallest absolute Gasteiger partial charge is 0.306 e. The zero-order valence-electron chi connectivity index (χ0n) is 12.9. The van der Waals surface area contributed by atoms with Crippen molar-refractivity contribution in [2.24, 2.45) is 5.92 Å². The average molecular weight is 291 g/mol. The third-order valence-electron chi connectivity index (χ3n) is 4.28. The van der Waals surface area contributed by atoms with Crippen LogP contribution in [0.3, 0.4) is 0 Å². The molecule has 0 aromatic heterocycles. The maximum absolute atomic E-state index is 11.0. The molecule has 1 fully saturated rings. The SMILES string of the molecule is CCOc1ccc(C(CC)N2CCC(C(=O)O)CC2)cc1. The molecular weight excluding hydrogens is 266 g/mol. The molecule has 1 aromatic carbocycles. The average Bonchev–Trinajstić information content (AvgIpc) is 2.50. The lowest BCUT2D eigenvalue weighted by molar-refractivity contribution is -0.143. The molecule has 21 heavy (non-hydrogen) atoms. The van der Waals surface area contributed by atoms with E-state index in [-0.39, 0.29) is 5.92 Å². The highest BCUT2D eigenvalue weighted by Gasteiger charge is 2.28. The summed E-state index contributed by atoms with van der Waals surface area (Å²) in [4.78, 5) is 13.4. The summed E-state index contributed by atoms with van der Waals surface area (Å²) in [6, 6.07) is 8.66. The normalized spacial score (nSPS) is 18.4. The number of rotatable bonds is 6. The minimum Gasteiger partial charge on any atom is -0.494 e. The van der Waals surface area contributed by atoms with E-state index in [1.807, 2.05) is 19.1 Å². The summed E-state index contributed by atoms with van der Waals surface area (Å²) in [5.74, 6) is 0.0866. The van der Waals surface area contributed by atoms with Crippen LogP contribution < -0.4 is 4.74 Å². The molecule has 0 aliphatic carbocycles. The fourth-order valence-electron chi connectivity index (χ4n) is 3.12. The Labute approximate surface area is 126 Å². The Morgan fingerprint density at radius 2 is 1.90 bits per heavy atom. The Balaban J connectivity index is 2.01. The molecule has 0 spiro atoms. The van der Waals surface area contributed by atoms with Gasteiger partial charge in [0.25, 0.3) is 0 Å². The molecule has 0 amide bonds. The molecule has 116 valence electrons. The van der Waals surface area contributed by atoms with Crippen LogP contribution in [0.1, 0.15) is 44.7 Å². The third kappa shape index (κ3) is 3.97. The number of carbonyl (C=O) groups is 1. The Hall–Kier alpha value is -1.55. The molecule has 1 atom stereocenters. The first kappa shape index (κ1) is 15.8. The Morgan fingerprint density at radius 1 is 1.29 bits per heavy atom. The van der Waals surface area contributed by atoms with Crippen molar-refractivity contribution in [3.05, 3.63) is 29.8 Å². The Kier molecular flexibility index (Phi) is 5.62. The molecule has 1 unspecified atom stereocenters. The van der Waals surface area contributed by atoms with Crippen molar-refractivity contribution in [2.75, 3.05) is 19.7 Å². The van der Waals surface area contributed by atoms with E-state index in [0.717, 1.165) is 38.1 Å². The minimum absolute atomic E-state index is 0.168. The predicted octanol–water partition coefficient (Wildman–Crippen LogP) is 3.33. The monoisotopic (exact) mass is 291 g/mol. The number of carboxylic acids is 1. The molecule has 4 nitrogen and oxygen atoms in total. The van der Waals surface area contributed by atoms with Crippen LogP contribution in [0.2, 0.25) is 0 Å². The van der Waals surface area contributed by atoms with Gasteiger partial charge in [-0.05, 0) is 57.0 Å². The molecule has 0 saturated carbocycles. The van der Waals surface area contributed by atoms with Crippen molar-refractivity contribution in [3.8, 4) is 5.75 Å². The highest BCUT2D eigenvalue weighted by molar-refractivity contribution is 5.70. The maximum Gasteiger partial charge on any atom is 0.306 e. The maximum atomic E-state index is 11.0. The van der Waals surface area contributed by atoms with Gasteiger partial charge in [0.15, 0.2) is 0 Å². The molecule has 4 heteroatoms. The summed E-state index contributed by atoms with van der Waals surface area (Å²) in [5.41, 5.74) is 1.29. The predicted molar refractivity (Wildman–Crippen MR) is 82.6 cm³/mol. The lowest BCUT2D eigenvalue weighted by Crippen LogP contribution is -2.38. The number of carboxylic acid groups (broad SMARTS) is 1. The van der Waals surface area contributed by atoms with Gasteiger partial charge >= 0.3 is 5.97 Å². The number of nitrogens with zero attached hydrogens (tertiary/aromatic N) is 1. The van der Waals surface area contributed by atoms with Gasteiger partial charge in [-0.15, -0.1) is 0 Å². The summed E-state index contributed by atoms with van der Waals surface area (Å²) in [7, 11) is 0. The number of hydrogen-bond acceptors (Lipinski definition) is 3. The van der Waals surface area contributed by atoms with Crippen LogP contribution in [0.15, 0.2) is 24.3 Å². The van der Waals surface area contributed by atoms with Gasteiger partial charge in [-0.2, -0.15) is 0 Å². The first-order valence-electron chi connectivity index (χ1n) is 7.85. The van der Waals surface area contributed by atoms with Gasteiger partial charge in [0, 0.05) is 6.04 Å². The third-order valence-corrected chi connectivity index (χ3v) is 4.28. The van der Waals surface area contributed by atoms with E-state index in [1.165, 1.54) is 5.56 Å². The summed E-state index contributed by atoms with van der Waals surface area (Å²) in [5, 5.41) is 9.09.